The number of unbranched alkanes of at least 4 members (excludes halogenated alkanes) is 1. The van der Waals surface area contributed by atoms with Crippen molar-refractivity contribution in [2.75, 3.05) is 25.5 Å². The summed E-state index contributed by atoms with van der Waals surface area (Å²) in [5, 5.41) is 0. The van der Waals surface area contributed by atoms with Crippen molar-refractivity contribution in [2.24, 2.45) is 0 Å². The first-order valence-corrected chi connectivity index (χ1v) is 9.87. The van der Waals surface area contributed by atoms with Crippen molar-refractivity contribution >= 4 is 15.2 Å². The molecule has 1 aliphatic rings. The first-order chi connectivity index (χ1) is 8.41. The molecule has 1 saturated heterocycles. The Labute approximate surface area is 108 Å². The summed E-state index contributed by atoms with van der Waals surface area (Å²) in [6.45, 7) is 0.880. The molecular formula is C10H22O6P2. The van der Waals surface area contributed by atoms with Crippen LogP contribution in [0.1, 0.15) is 38.5 Å². The molecule has 0 saturated carbocycles. The molecule has 0 atom stereocenters. The van der Waals surface area contributed by atoms with Gasteiger partial charge in [0, 0.05) is 6.16 Å². The SMILES string of the molecule is O=P(O)(O)CCCCP1(=O)OCCCCCCO1. The van der Waals surface area contributed by atoms with Crippen LogP contribution in [-0.2, 0) is 18.2 Å². The normalized spacial score (nSPS) is 21.9. The second-order valence-electron chi connectivity index (χ2n) is 4.51. The molecule has 1 heterocycles. The molecule has 1 fully saturated rings. The van der Waals surface area contributed by atoms with E-state index in [1.165, 1.54) is 0 Å². The third kappa shape index (κ3) is 7.67. The third-order valence-electron chi connectivity index (χ3n) is 2.75. The highest BCUT2D eigenvalue weighted by Gasteiger charge is 2.25. The molecule has 0 aromatic carbocycles. The fourth-order valence-electron chi connectivity index (χ4n) is 1.75. The van der Waals surface area contributed by atoms with E-state index in [0.717, 1.165) is 25.7 Å². The Bertz CT molecular complexity index is 312. The Morgan fingerprint density at radius 3 is 2.06 bits per heavy atom. The van der Waals surface area contributed by atoms with Gasteiger partial charge in [-0.3, -0.25) is 9.13 Å². The molecule has 2 N–H and O–H groups in total. The van der Waals surface area contributed by atoms with Crippen LogP contribution >= 0.6 is 15.2 Å². The largest absolute Gasteiger partial charge is 0.330 e. The van der Waals surface area contributed by atoms with Gasteiger partial charge in [-0.2, -0.15) is 0 Å². The van der Waals surface area contributed by atoms with Crippen LogP contribution in [0.3, 0.4) is 0 Å². The monoisotopic (exact) mass is 300 g/mol. The highest BCUT2D eigenvalue weighted by Crippen LogP contribution is 2.50. The van der Waals surface area contributed by atoms with Crippen molar-refractivity contribution in [3.05, 3.63) is 0 Å². The first kappa shape index (κ1) is 16.4. The fraction of sp³-hybridized carbons (Fsp3) is 1.00. The maximum absolute atomic E-state index is 12.2. The van der Waals surface area contributed by atoms with Gasteiger partial charge in [-0.1, -0.05) is 12.8 Å². The van der Waals surface area contributed by atoms with Gasteiger partial charge in [0.25, 0.3) is 0 Å². The summed E-state index contributed by atoms with van der Waals surface area (Å²) in [6, 6.07) is 0. The van der Waals surface area contributed by atoms with Gasteiger partial charge in [0.2, 0.25) is 0 Å². The molecule has 8 heteroatoms. The lowest BCUT2D eigenvalue weighted by Crippen LogP contribution is -2.02. The third-order valence-corrected chi connectivity index (χ3v) is 5.66. The molecule has 6 nitrogen and oxygen atoms in total. The molecule has 0 aliphatic carbocycles. The predicted molar refractivity (Wildman–Crippen MR) is 69.0 cm³/mol. The van der Waals surface area contributed by atoms with E-state index >= 15 is 0 Å². The Balaban J connectivity index is 2.32. The van der Waals surface area contributed by atoms with Gasteiger partial charge in [-0.15, -0.1) is 0 Å². The van der Waals surface area contributed by atoms with Crippen LogP contribution in [0.2, 0.25) is 0 Å². The zero-order valence-electron chi connectivity index (χ0n) is 10.5. The molecule has 0 amide bonds. The Hall–Kier alpha value is 0.300. The summed E-state index contributed by atoms with van der Waals surface area (Å²) in [5.74, 6) is 0. The van der Waals surface area contributed by atoms with Crippen molar-refractivity contribution in [2.45, 2.75) is 38.5 Å². The van der Waals surface area contributed by atoms with E-state index < -0.39 is 15.2 Å². The van der Waals surface area contributed by atoms with Gasteiger partial charge < -0.3 is 18.8 Å². The van der Waals surface area contributed by atoms with Crippen molar-refractivity contribution in [3.63, 3.8) is 0 Å². The van der Waals surface area contributed by atoms with Crippen LogP contribution in [0.4, 0.5) is 0 Å². The minimum absolute atomic E-state index is 0.174. The zero-order valence-corrected chi connectivity index (χ0v) is 12.3. The average molecular weight is 300 g/mol. The highest BCUT2D eigenvalue weighted by molar-refractivity contribution is 7.53. The van der Waals surface area contributed by atoms with Crippen LogP contribution in [0.25, 0.3) is 0 Å². The van der Waals surface area contributed by atoms with Gasteiger partial charge in [-0.25, -0.2) is 0 Å². The van der Waals surface area contributed by atoms with E-state index in [1.54, 1.807) is 0 Å². The van der Waals surface area contributed by atoms with E-state index in [9.17, 15) is 9.13 Å². The first-order valence-electron chi connectivity index (χ1n) is 6.34. The molecule has 1 rings (SSSR count). The summed E-state index contributed by atoms with van der Waals surface area (Å²) in [6.07, 6.45) is 4.73. The van der Waals surface area contributed by atoms with Crippen molar-refractivity contribution < 1.29 is 28.0 Å². The molecule has 0 bridgehead atoms. The molecule has 108 valence electrons. The quantitative estimate of drug-likeness (QED) is 0.599. The van der Waals surface area contributed by atoms with Crippen molar-refractivity contribution in [1.82, 2.24) is 0 Å². The van der Waals surface area contributed by atoms with E-state index in [0.29, 0.717) is 26.1 Å². The molecule has 0 aromatic heterocycles. The van der Waals surface area contributed by atoms with Gasteiger partial charge in [0.1, 0.15) is 0 Å². The fourth-order valence-corrected chi connectivity index (χ4v) is 4.15. The van der Waals surface area contributed by atoms with Crippen LogP contribution in [0.5, 0.6) is 0 Å². The molecule has 0 radical (unpaired) electrons. The number of hydrogen-bond donors (Lipinski definition) is 2. The summed E-state index contributed by atoms with van der Waals surface area (Å²) in [5.41, 5.74) is 0. The van der Waals surface area contributed by atoms with Crippen LogP contribution < -0.4 is 0 Å². The predicted octanol–water partition coefficient (Wildman–Crippen LogP) is 2.74. The average Bonchev–Trinajstić information content (AvgIpc) is 2.36. The Kier molecular flexibility index (Phi) is 7.07. The van der Waals surface area contributed by atoms with Gasteiger partial charge in [0.15, 0.2) is 0 Å². The van der Waals surface area contributed by atoms with E-state index in [4.69, 9.17) is 18.8 Å². The Morgan fingerprint density at radius 1 is 1.00 bits per heavy atom. The second kappa shape index (κ2) is 7.78. The van der Waals surface area contributed by atoms with Crippen LogP contribution in [0.15, 0.2) is 0 Å². The molecule has 18 heavy (non-hydrogen) atoms. The summed E-state index contributed by atoms with van der Waals surface area (Å²) >= 11 is 0. The minimum Gasteiger partial charge on any atom is -0.324 e. The second-order valence-corrected chi connectivity index (χ2v) is 8.47. The maximum Gasteiger partial charge on any atom is 0.330 e. The topological polar surface area (TPSA) is 93.1 Å². The van der Waals surface area contributed by atoms with E-state index in [2.05, 4.69) is 0 Å². The van der Waals surface area contributed by atoms with Gasteiger partial charge in [-0.05, 0) is 25.7 Å². The molecular weight excluding hydrogens is 278 g/mol. The lowest BCUT2D eigenvalue weighted by atomic mass is 10.2. The summed E-state index contributed by atoms with van der Waals surface area (Å²) in [4.78, 5) is 17.4. The summed E-state index contributed by atoms with van der Waals surface area (Å²) in [7, 11) is -7.00. The molecule has 0 spiro atoms. The zero-order chi connectivity index (χ0) is 13.5. The number of rotatable bonds is 5. The van der Waals surface area contributed by atoms with Crippen molar-refractivity contribution in [1.29, 1.82) is 0 Å². The smallest absolute Gasteiger partial charge is 0.324 e. The molecule has 0 aromatic rings. The molecule has 1 aliphatic heterocycles. The van der Waals surface area contributed by atoms with Crippen LogP contribution in [-0.4, -0.2) is 35.3 Å². The highest BCUT2D eigenvalue weighted by atomic mass is 31.2. The van der Waals surface area contributed by atoms with Crippen molar-refractivity contribution in [3.8, 4) is 0 Å². The summed E-state index contributed by atoms with van der Waals surface area (Å²) < 4.78 is 33.6. The molecule has 0 unspecified atom stereocenters. The van der Waals surface area contributed by atoms with E-state index in [-0.39, 0.29) is 12.3 Å². The minimum atomic E-state index is -3.95. The van der Waals surface area contributed by atoms with Gasteiger partial charge in [0.05, 0.1) is 19.4 Å². The van der Waals surface area contributed by atoms with Gasteiger partial charge >= 0.3 is 15.2 Å². The van der Waals surface area contributed by atoms with Crippen LogP contribution in [0, 0.1) is 0 Å². The number of hydrogen-bond acceptors (Lipinski definition) is 4. The lowest BCUT2D eigenvalue weighted by molar-refractivity contribution is 0.209. The Morgan fingerprint density at radius 2 is 1.56 bits per heavy atom. The standard InChI is InChI=1S/C10H22O6P2/c11-17(12,13)9-5-6-10-18(14)15-7-3-1-2-4-8-16-18/h1-10H2,(H2,11,12,13). The maximum atomic E-state index is 12.2. The lowest BCUT2D eigenvalue weighted by Gasteiger charge is -2.17. The van der Waals surface area contributed by atoms with E-state index in [1.807, 2.05) is 0 Å².